The molecule has 2 N–H and O–H groups in total. The van der Waals surface area contributed by atoms with Gasteiger partial charge in [-0.3, -0.25) is 4.79 Å². The summed E-state index contributed by atoms with van der Waals surface area (Å²) in [5.74, 6) is -2.42. The van der Waals surface area contributed by atoms with Crippen LogP contribution in [-0.4, -0.2) is 46.0 Å². The fourth-order valence-corrected chi connectivity index (χ4v) is 4.34. The first-order valence-electron chi connectivity index (χ1n) is 6.50. The molecule has 1 atom stereocenters. The molecule has 2 rings (SSSR count). The van der Waals surface area contributed by atoms with E-state index in [4.69, 9.17) is 5.11 Å². The van der Waals surface area contributed by atoms with E-state index in [0.717, 1.165) is 11.6 Å². The van der Waals surface area contributed by atoms with Crippen molar-refractivity contribution >= 4 is 36.6 Å². The zero-order valence-electron chi connectivity index (χ0n) is 12.1. The van der Waals surface area contributed by atoms with Gasteiger partial charge in [0.1, 0.15) is 6.04 Å². The molecule has 0 radical (unpaired) electrons. The molecular weight excluding hydrogens is 342 g/mol. The SMILES string of the molecule is CS(=O)(=O)N[C@H](CS(=O)(=O)c1ccc2ccccc2c1)C(=O)O. The number of carboxylic acids is 1. The number of fused-ring (bicyclic) bond motifs is 1. The lowest BCUT2D eigenvalue weighted by atomic mass is 10.1. The maximum atomic E-state index is 12.4. The van der Waals surface area contributed by atoms with Gasteiger partial charge in [-0.05, 0) is 22.9 Å². The quantitative estimate of drug-likeness (QED) is 0.782. The molecule has 0 amide bonds. The van der Waals surface area contributed by atoms with Crippen LogP contribution < -0.4 is 4.72 Å². The van der Waals surface area contributed by atoms with Crippen molar-refractivity contribution in [3.05, 3.63) is 42.5 Å². The number of aliphatic carboxylic acids is 1. The fraction of sp³-hybridized carbons (Fsp3) is 0.214. The summed E-state index contributed by atoms with van der Waals surface area (Å²) in [5.41, 5.74) is 0. The van der Waals surface area contributed by atoms with Crippen LogP contribution in [0.1, 0.15) is 0 Å². The van der Waals surface area contributed by atoms with Crippen LogP contribution in [0.5, 0.6) is 0 Å². The van der Waals surface area contributed by atoms with Crippen molar-refractivity contribution < 1.29 is 26.7 Å². The highest BCUT2D eigenvalue weighted by Crippen LogP contribution is 2.20. The second-order valence-corrected chi connectivity index (χ2v) is 8.89. The summed E-state index contributed by atoms with van der Waals surface area (Å²) in [5, 5.41) is 10.6. The second kappa shape index (κ2) is 6.26. The Morgan fingerprint density at radius 3 is 2.26 bits per heavy atom. The lowest BCUT2D eigenvalue weighted by Gasteiger charge is -2.13. The van der Waals surface area contributed by atoms with E-state index in [1.54, 1.807) is 18.2 Å². The Balaban J connectivity index is 2.37. The topological polar surface area (TPSA) is 118 Å². The third-order valence-electron chi connectivity index (χ3n) is 3.12. The molecule has 0 aromatic heterocycles. The van der Waals surface area contributed by atoms with Crippen LogP contribution in [0.25, 0.3) is 10.8 Å². The molecule has 2 aromatic carbocycles. The highest BCUT2D eigenvalue weighted by molar-refractivity contribution is 7.91. The van der Waals surface area contributed by atoms with Gasteiger partial charge in [-0.1, -0.05) is 30.3 Å². The van der Waals surface area contributed by atoms with Crippen molar-refractivity contribution in [2.75, 3.05) is 12.0 Å². The van der Waals surface area contributed by atoms with Gasteiger partial charge in [-0.2, -0.15) is 0 Å². The van der Waals surface area contributed by atoms with Crippen LogP contribution in [-0.2, 0) is 24.7 Å². The Morgan fingerprint density at radius 2 is 1.70 bits per heavy atom. The van der Waals surface area contributed by atoms with Crippen molar-refractivity contribution in [1.29, 1.82) is 0 Å². The summed E-state index contributed by atoms with van der Waals surface area (Å²) in [6.07, 6.45) is 0.769. The van der Waals surface area contributed by atoms with E-state index in [0.29, 0.717) is 5.39 Å². The van der Waals surface area contributed by atoms with E-state index < -0.39 is 37.6 Å². The van der Waals surface area contributed by atoms with Crippen molar-refractivity contribution in [3.63, 3.8) is 0 Å². The van der Waals surface area contributed by atoms with Crippen LogP contribution in [0.3, 0.4) is 0 Å². The standard InChI is InChI=1S/C14H15NO6S2/c1-22(18,19)15-13(14(16)17)9-23(20,21)12-7-6-10-4-2-3-5-11(10)8-12/h2-8,13,15H,9H2,1H3,(H,16,17)/t13-/m1/s1. The molecule has 0 unspecified atom stereocenters. The predicted octanol–water partition coefficient (Wildman–Crippen LogP) is 0.616. The average Bonchev–Trinajstić information content (AvgIpc) is 2.44. The molecule has 23 heavy (non-hydrogen) atoms. The zero-order chi connectivity index (χ0) is 17.3. The zero-order valence-corrected chi connectivity index (χ0v) is 13.8. The maximum absolute atomic E-state index is 12.4. The molecule has 0 aliphatic rings. The van der Waals surface area contributed by atoms with Crippen molar-refractivity contribution in [3.8, 4) is 0 Å². The number of nitrogens with one attached hydrogen (secondary N) is 1. The summed E-state index contributed by atoms with van der Waals surface area (Å²) in [4.78, 5) is 11.0. The molecule has 0 bridgehead atoms. The molecule has 0 heterocycles. The fourth-order valence-electron chi connectivity index (χ4n) is 2.09. The smallest absolute Gasteiger partial charge is 0.322 e. The van der Waals surface area contributed by atoms with Crippen LogP contribution in [0.2, 0.25) is 0 Å². The van der Waals surface area contributed by atoms with Crippen LogP contribution in [0.4, 0.5) is 0 Å². The van der Waals surface area contributed by atoms with E-state index in [1.807, 2.05) is 16.9 Å². The van der Waals surface area contributed by atoms with E-state index in [9.17, 15) is 21.6 Å². The van der Waals surface area contributed by atoms with E-state index in [2.05, 4.69) is 0 Å². The van der Waals surface area contributed by atoms with Gasteiger partial charge in [0.15, 0.2) is 9.84 Å². The Labute approximate surface area is 133 Å². The minimum atomic E-state index is -3.98. The summed E-state index contributed by atoms with van der Waals surface area (Å²) >= 11 is 0. The second-order valence-electron chi connectivity index (χ2n) is 5.07. The number of benzene rings is 2. The van der Waals surface area contributed by atoms with Crippen LogP contribution >= 0.6 is 0 Å². The molecule has 7 nitrogen and oxygen atoms in total. The molecular formula is C14H15NO6S2. The lowest BCUT2D eigenvalue weighted by molar-refractivity contribution is -0.138. The number of hydrogen-bond donors (Lipinski definition) is 2. The number of hydrogen-bond acceptors (Lipinski definition) is 5. The largest absolute Gasteiger partial charge is 0.480 e. The van der Waals surface area contributed by atoms with E-state index in [1.165, 1.54) is 12.1 Å². The average molecular weight is 357 g/mol. The monoisotopic (exact) mass is 357 g/mol. The van der Waals surface area contributed by atoms with Crippen molar-refractivity contribution in [2.24, 2.45) is 0 Å². The summed E-state index contributed by atoms with van der Waals surface area (Å²) < 4.78 is 48.9. The third kappa shape index (κ3) is 4.50. The van der Waals surface area contributed by atoms with Gasteiger partial charge >= 0.3 is 5.97 Å². The van der Waals surface area contributed by atoms with Gasteiger partial charge < -0.3 is 5.11 Å². The summed E-state index contributed by atoms with van der Waals surface area (Å²) in [7, 11) is -7.83. The van der Waals surface area contributed by atoms with Crippen LogP contribution in [0, 0.1) is 0 Å². The first-order chi connectivity index (χ1) is 10.6. The third-order valence-corrected chi connectivity index (χ3v) is 5.58. The van der Waals surface area contributed by atoms with Gasteiger partial charge in [0.05, 0.1) is 16.9 Å². The van der Waals surface area contributed by atoms with Gasteiger partial charge in [-0.25, -0.2) is 21.6 Å². The number of rotatable bonds is 6. The normalized spacial score (nSPS) is 13.8. The molecule has 0 saturated carbocycles. The molecule has 0 aliphatic carbocycles. The van der Waals surface area contributed by atoms with Gasteiger partial charge in [-0.15, -0.1) is 0 Å². The van der Waals surface area contributed by atoms with Gasteiger partial charge in [0, 0.05) is 0 Å². The number of sulfone groups is 1. The summed E-state index contributed by atoms with van der Waals surface area (Å²) in [6, 6.07) is 9.79. The predicted molar refractivity (Wildman–Crippen MR) is 85.4 cm³/mol. The van der Waals surface area contributed by atoms with Crippen LogP contribution in [0.15, 0.2) is 47.4 Å². The first kappa shape index (κ1) is 17.4. The summed E-state index contributed by atoms with van der Waals surface area (Å²) in [6.45, 7) is 0. The molecule has 0 fully saturated rings. The van der Waals surface area contributed by atoms with Gasteiger partial charge in [0.25, 0.3) is 0 Å². The molecule has 0 aliphatic heterocycles. The molecule has 2 aromatic rings. The van der Waals surface area contributed by atoms with E-state index in [-0.39, 0.29) is 4.90 Å². The van der Waals surface area contributed by atoms with E-state index >= 15 is 0 Å². The highest BCUT2D eigenvalue weighted by atomic mass is 32.2. The van der Waals surface area contributed by atoms with Crippen molar-refractivity contribution in [2.45, 2.75) is 10.9 Å². The minimum absolute atomic E-state index is 0.0576. The number of carbonyl (C=O) groups is 1. The minimum Gasteiger partial charge on any atom is -0.480 e. The Hall–Kier alpha value is -1.97. The highest BCUT2D eigenvalue weighted by Gasteiger charge is 2.29. The van der Waals surface area contributed by atoms with Crippen molar-refractivity contribution in [1.82, 2.24) is 4.72 Å². The molecule has 0 saturated heterocycles. The molecule has 124 valence electrons. The number of carboxylic acid groups (broad SMARTS) is 1. The molecule has 9 heteroatoms. The van der Waals surface area contributed by atoms with Gasteiger partial charge in [0.2, 0.25) is 10.0 Å². The Morgan fingerprint density at radius 1 is 1.09 bits per heavy atom. The maximum Gasteiger partial charge on any atom is 0.322 e. The molecule has 0 spiro atoms. The number of sulfonamides is 1. The first-order valence-corrected chi connectivity index (χ1v) is 10.0. The lowest BCUT2D eigenvalue weighted by Crippen LogP contribution is -2.44. The Bertz CT molecular complexity index is 950. The Kier molecular flexibility index (Phi) is 4.73.